The van der Waals surface area contributed by atoms with E-state index in [1.54, 1.807) is 5.57 Å². The zero-order chi connectivity index (χ0) is 11.8. The van der Waals surface area contributed by atoms with Crippen LogP contribution in [-0.4, -0.2) is 4.43 Å². The van der Waals surface area contributed by atoms with Crippen molar-refractivity contribution >= 4 is 22.6 Å². The normalized spacial score (nSPS) is 40.4. The summed E-state index contributed by atoms with van der Waals surface area (Å²) in [4.78, 5) is 0. The zero-order valence-electron chi connectivity index (χ0n) is 10.9. The van der Waals surface area contributed by atoms with Gasteiger partial charge in [-0.1, -0.05) is 67.9 Å². The summed E-state index contributed by atoms with van der Waals surface area (Å²) in [5, 5.41) is 0. The van der Waals surface area contributed by atoms with Crippen molar-refractivity contribution in [3.8, 4) is 0 Å². The van der Waals surface area contributed by atoms with Crippen LogP contribution in [0.25, 0.3) is 0 Å². The smallest absolute Gasteiger partial charge is 0.0000875 e. The largest absolute Gasteiger partial charge is 0.0864 e. The first-order chi connectivity index (χ1) is 7.59. The van der Waals surface area contributed by atoms with Crippen molar-refractivity contribution in [2.75, 3.05) is 4.43 Å². The van der Waals surface area contributed by atoms with Gasteiger partial charge in [-0.25, -0.2) is 0 Å². The van der Waals surface area contributed by atoms with Crippen molar-refractivity contribution in [1.29, 1.82) is 0 Å². The minimum Gasteiger partial charge on any atom is -0.0864 e. The Morgan fingerprint density at radius 3 is 3.00 bits per heavy atom. The summed E-state index contributed by atoms with van der Waals surface area (Å²) in [5.41, 5.74) is 2.36. The summed E-state index contributed by atoms with van der Waals surface area (Å²) in [6.07, 6.45) is 9.68. The highest BCUT2D eigenvalue weighted by Gasteiger charge is 2.46. The van der Waals surface area contributed by atoms with Crippen molar-refractivity contribution in [3.63, 3.8) is 0 Å². The molecule has 1 saturated carbocycles. The van der Waals surface area contributed by atoms with Crippen molar-refractivity contribution in [1.82, 2.24) is 0 Å². The van der Waals surface area contributed by atoms with Gasteiger partial charge in [-0.2, -0.15) is 0 Å². The first kappa shape index (κ1) is 12.9. The van der Waals surface area contributed by atoms with E-state index in [1.807, 2.05) is 0 Å². The lowest BCUT2D eigenvalue weighted by Crippen LogP contribution is -2.35. The summed E-state index contributed by atoms with van der Waals surface area (Å²) in [5.74, 6) is 2.71. The van der Waals surface area contributed by atoms with Crippen LogP contribution in [0.2, 0.25) is 0 Å². The van der Waals surface area contributed by atoms with Gasteiger partial charge in [0.25, 0.3) is 0 Å². The minimum absolute atomic E-state index is 0.558. The average molecular weight is 332 g/mol. The Balaban J connectivity index is 2.16. The SMILES string of the molecule is C[C@H](CCI)C1=CC[C@H]2[C@@H](C)CCC[C@]12C. The Morgan fingerprint density at radius 1 is 1.56 bits per heavy atom. The molecule has 1 fully saturated rings. The van der Waals surface area contributed by atoms with Crippen molar-refractivity contribution in [3.05, 3.63) is 11.6 Å². The molecular weight excluding hydrogens is 307 g/mol. The Labute approximate surface area is 114 Å². The van der Waals surface area contributed by atoms with Gasteiger partial charge in [0.15, 0.2) is 0 Å². The van der Waals surface area contributed by atoms with E-state index in [2.05, 4.69) is 49.4 Å². The fourth-order valence-electron chi connectivity index (χ4n) is 4.23. The van der Waals surface area contributed by atoms with Gasteiger partial charge in [0, 0.05) is 4.43 Å². The molecule has 0 N–H and O–H groups in total. The van der Waals surface area contributed by atoms with Crippen LogP contribution in [0.1, 0.15) is 52.9 Å². The number of rotatable bonds is 3. The molecule has 92 valence electrons. The molecule has 0 heterocycles. The van der Waals surface area contributed by atoms with Gasteiger partial charge in [0.1, 0.15) is 0 Å². The standard InChI is InChI=1S/C15H25I/c1-11-5-4-9-15(3)13(11)6-7-14(15)12(2)8-10-16/h7,11-13H,4-6,8-10H2,1-3H3/t11-,12+,13-,15-/m0/s1. The topological polar surface area (TPSA) is 0 Å². The highest BCUT2D eigenvalue weighted by molar-refractivity contribution is 14.1. The number of hydrogen-bond donors (Lipinski definition) is 0. The fourth-order valence-corrected chi connectivity index (χ4v) is 5.16. The van der Waals surface area contributed by atoms with Gasteiger partial charge in [0.2, 0.25) is 0 Å². The zero-order valence-corrected chi connectivity index (χ0v) is 13.1. The van der Waals surface area contributed by atoms with E-state index in [0.29, 0.717) is 5.41 Å². The minimum atomic E-state index is 0.558. The van der Waals surface area contributed by atoms with Gasteiger partial charge in [-0.05, 0) is 42.4 Å². The van der Waals surface area contributed by atoms with Crippen LogP contribution in [-0.2, 0) is 0 Å². The molecule has 2 aliphatic carbocycles. The molecule has 16 heavy (non-hydrogen) atoms. The number of allylic oxidation sites excluding steroid dienone is 2. The molecule has 0 aromatic carbocycles. The van der Waals surface area contributed by atoms with E-state index in [4.69, 9.17) is 0 Å². The highest BCUT2D eigenvalue weighted by atomic mass is 127. The number of hydrogen-bond acceptors (Lipinski definition) is 0. The predicted molar refractivity (Wildman–Crippen MR) is 80.0 cm³/mol. The molecule has 0 aliphatic heterocycles. The van der Waals surface area contributed by atoms with Gasteiger partial charge in [0.05, 0.1) is 0 Å². The predicted octanol–water partition coefficient (Wildman–Crippen LogP) is 5.22. The summed E-state index contributed by atoms with van der Waals surface area (Å²) >= 11 is 2.52. The molecule has 0 amide bonds. The lowest BCUT2D eigenvalue weighted by molar-refractivity contribution is 0.110. The Kier molecular flexibility index (Phi) is 4.03. The van der Waals surface area contributed by atoms with Gasteiger partial charge in [-0.3, -0.25) is 0 Å². The quantitative estimate of drug-likeness (QED) is 0.378. The lowest BCUT2D eigenvalue weighted by Gasteiger charge is -2.44. The lowest BCUT2D eigenvalue weighted by atomic mass is 9.60. The van der Waals surface area contributed by atoms with Crippen LogP contribution in [0.15, 0.2) is 11.6 Å². The summed E-state index contributed by atoms with van der Waals surface area (Å²) < 4.78 is 1.30. The molecule has 0 radical (unpaired) electrons. The van der Waals surface area contributed by atoms with Crippen LogP contribution in [0.3, 0.4) is 0 Å². The third kappa shape index (κ3) is 2.09. The third-order valence-corrected chi connectivity index (χ3v) is 5.81. The van der Waals surface area contributed by atoms with E-state index < -0.39 is 0 Å². The number of halogens is 1. The second-order valence-corrected chi connectivity index (χ2v) is 7.25. The number of fused-ring (bicyclic) bond motifs is 1. The average Bonchev–Trinajstić information content (AvgIpc) is 2.57. The molecule has 0 aromatic rings. The molecule has 2 rings (SSSR count). The maximum Gasteiger partial charge on any atom is 0.0000875 e. The van der Waals surface area contributed by atoms with Crippen LogP contribution in [0.4, 0.5) is 0 Å². The van der Waals surface area contributed by atoms with E-state index in [9.17, 15) is 0 Å². The van der Waals surface area contributed by atoms with Crippen molar-refractivity contribution in [2.24, 2.45) is 23.2 Å². The van der Waals surface area contributed by atoms with Crippen LogP contribution in [0, 0.1) is 23.2 Å². The molecule has 0 saturated heterocycles. The van der Waals surface area contributed by atoms with Crippen LogP contribution >= 0.6 is 22.6 Å². The molecule has 0 spiro atoms. The molecule has 1 heteroatoms. The maximum absolute atomic E-state index is 2.60. The molecule has 4 atom stereocenters. The van der Waals surface area contributed by atoms with E-state index in [-0.39, 0.29) is 0 Å². The highest BCUT2D eigenvalue weighted by Crippen LogP contribution is 2.56. The summed E-state index contributed by atoms with van der Waals surface area (Å²) in [6.45, 7) is 7.47. The van der Waals surface area contributed by atoms with Gasteiger partial charge in [-0.15, -0.1) is 0 Å². The van der Waals surface area contributed by atoms with E-state index in [1.165, 1.54) is 36.5 Å². The monoisotopic (exact) mass is 332 g/mol. The van der Waals surface area contributed by atoms with E-state index in [0.717, 1.165) is 17.8 Å². The molecule has 0 unspecified atom stereocenters. The van der Waals surface area contributed by atoms with Gasteiger partial charge < -0.3 is 0 Å². The van der Waals surface area contributed by atoms with Gasteiger partial charge >= 0.3 is 0 Å². The molecule has 0 nitrogen and oxygen atoms in total. The third-order valence-electron chi connectivity index (χ3n) is 5.19. The van der Waals surface area contributed by atoms with Crippen molar-refractivity contribution in [2.45, 2.75) is 52.9 Å². The number of alkyl halides is 1. The molecule has 0 aromatic heterocycles. The van der Waals surface area contributed by atoms with Crippen LogP contribution < -0.4 is 0 Å². The second-order valence-electron chi connectivity index (χ2n) is 6.17. The summed E-state index contributed by atoms with van der Waals surface area (Å²) in [7, 11) is 0. The first-order valence-corrected chi connectivity index (χ1v) is 8.38. The van der Waals surface area contributed by atoms with Crippen molar-refractivity contribution < 1.29 is 0 Å². The molecular formula is C15H25I. The Morgan fingerprint density at radius 2 is 2.31 bits per heavy atom. The van der Waals surface area contributed by atoms with Crippen LogP contribution in [0.5, 0.6) is 0 Å². The molecule has 2 aliphatic rings. The fraction of sp³-hybridized carbons (Fsp3) is 0.867. The first-order valence-electron chi connectivity index (χ1n) is 6.86. The maximum atomic E-state index is 2.60. The van der Waals surface area contributed by atoms with E-state index >= 15 is 0 Å². The second kappa shape index (κ2) is 4.99. The Bertz CT molecular complexity index is 281. The Hall–Kier alpha value is 0.470. The molecule has 0 bridgehead atoms. The summed E-state index contributed by atoms with van der Waals surface area (Å²) in [6, 6.07) is 0.